The van der Waals surface area contributed by atoms with Gasteiger partial charge >= 0.3 is 5.97 Å². The molecule has 0 aliphatic heterocycles. The zero-order chi connectivity index (χ0) is 16.6. The molecule has 0 aliphatic rings. The third kappa shape index (κ3) is 2.56. The van der Waals surface area contributed by atoms with Crippen molar-refractivity contribution in [3.63, 3.8) is 0 Å². The lowest BCUT2D eigenvalue weighted by molar-refractivity contribution is 0.0595. The third-order valence-corrected chi connectivity index (χ3v) is 3.60. The first-order valence-electron chi connectivity index (χ1n) is 7.06. The van der Waals surface area contributed by atoms with E-state index in [1.54, 1.807) is 23.9 Å². The molecule has 0 saturated carbocycles. The van der Waals surface area contributed by atoms with Crippen molar-refractivity contribution in [1.82, 2.24) is 9.78 Å². The van der Waals surface area contributed by atoms with E-state index in [0.717, 1.165) is 11.3 Å². The van der Waals surface area contributed by atoms with Gasteiger partial charge in [-0.05, 0) is 36.8 Å². The normalized spacial score (nSPS) is 10.7. The molecule has 6 heteroatoms. The molecule has 0 fully saturated rings. The summed E-state index contributed by atoms with van der Waals surface area (Å²) in [6, 6.07) is 11.1. The molecule has 2 radical (unpaired) electrons. The fourth-order valence-electron chi connectivity index (χ4n) is 2.59. The molecule has 5 nitrogen and oxygen atoms in total. The average Bonchev–Trinajstić information content (AvgIpc) is 2.92. The highest BCUT2D eigenvalue weighted by Crippen LogP contribution is 2.32. The highest BCUT2D eigenvalue weighted by atomic mass is 16.5. The second-order valence-corrected chi connectivity index (χ2v) is 5.21. The van der Waals surface area contributed by atoms with Crippen molar-refractivity contribution in [2.75, 3.05) is 14.2 Å². The van der Waals surface area contributed by atoms with Crippen LogP contribution in [0.5, 0.6) is 5.75 Å². The van der Waals surface area contributed by atoms with Gasteiger partial charge < -0.3 is 9.47 Å². The van der Waals surface area contributed by atoms with Gasteiger partial charge in [0.05, 0.1) is 19.9 Å². The highest BCUT2D eigenvalue weighted by molar-refractivity contribution is 6.32. The second-order valence-electron chi connectivity index (χ2n) is 5.21. The molecule has 3 rings (SSSR count). The molecule has 0 atom stereocenters. The Hall–Kier alpha value is -2.76. The number of carbonyl (C=O) groups excluding carboxylic acids is 1. The Morgan fingerprint density at radius 3 is 2.65 bits per heavy atom. The van der Waals surface area contributed by atoms with Gasteiger partial charge in [-0.1, -0.05) is 17.6 Å². The van der Waals surface area contributed by atoms with E-state index >= 15 is 0 Å². The second kappa shape index (κ2) is 5.80. The van der Waals surface area contributed by atoms with E-state index in [1.807, 2.05) is 31.2 Å². The van der Waals surface area contributed by atoms with Gasteiger partial charge in [0, 0.05) is 5.39 Å². The molecule has 0 unspecified atom stereocenters. The maximum Gasteiger partial charge on any atom is 0.359 e. The summed E-state index contributed by atoms with van der Waals surface area (Å²) >= 11 is 0. The van der Waals surface area contributed by atoms with Gasteiger partial charge in [0.15, 0.2) is 5.69 Å². The minimum atomic E-state index is -0.495. The van der Waals surface area contributed by atoms with Crippen LogP contribution in [0.15, 0.2) is 36.4 Å². The van der Waals surface area contributed by atoms with Crippen molar-refractivity contribution in [2.45, 2.75) is 6.92 Å². The van der Waals surface area contributed by atoms with E-state index in [2.05, 4.69) is 5.10 Å². The van der Waals surface area contributed by atoms with E-state index < -0.39 is 5.97 Å². The van der Waals surface area contributed by atoms with Gasteiger partial charge in [0.2, 0.25) is 0 Å². The number of methoxy groups -OCH3 is 2. The Labute approximate surface area is 135 Å². The molecule has 0 aliphatic carbocycles. The SMILES string of the molecule is [B]c1cccc(-n2nc(C(=O)OC)c3cc(C)cc(OC)c32)c1. The Morgan fingerprint density at radius 2 is 2.00 bits per heavy atom. The molecule has 3 aromatic rings. The zero-order valence-corrected chi connectivity index (χ0v) is 13.2. The van der Waals surface area contributed by atoms with Gasteiger partial charge in [0.25, 0.3) is 0 Å². The van der Waals surface area contributed by atoms with Crippen LogP contribution in [0.4, 0.5) is 0 Å². The summed E-state index contributed by atoms with van der Waals surface area (Å²) in [7, 11) is 8.78. The van der Waals surface area contributed by atoms with E-state index in [4.69, 9.17) is 17.3 Å². The molecule has 0 spiro atoms. The molecule has 0 amide bonds. The lowest BCUT2D eigenvalue weighted by Gasteiger charge is -2.09. The van der Waals surface area contributed by atoms with Crippen LogP contribution in [0.25, 0.3) is 16.6 Å². The lowest BCUT2D eigenvalue weighted by atomic mass is 9.96. The predicted octanol–water partition coefficient (Wildman–Crippen LogP) is 1.92. The van der Waals surface area contributed by atoms with Crippen LogP contribution < -0.4 is 10.2 Å². The smallest absolute Gasteiger partial charge is 0.359 e. The number of aromatic nitrogens is 2. The van der Waals surface area contributed by atoms with Crippen molar-refractivity contribution in [3.8, 4) is 11.4 Å². The first-order valence-corrected chi connectivity index (χ1v) is 7.06. The van der Waals surface area contributed by atoms with Crippen LogP contribution in [0.1, 0.15) is 16.1 Å². The summed E-state index contributed by atoms with van der Waals surface area (Å²) < 4.78 is 12.0. The molecular formula is C17H15BN2O3. The van der Waals surface area contributed by atoms with Crippen LogP contribution in [0.3, 0.4) is 0 Å². The number of esters is 1. The lowest BCUT2D eigenvalue weighted by Crippen LogP contribution is -2.07. The van der Waals surface area contributed by atoms with Gasteiger partial charge in [0.1, 0.15) is 19.1 Å². The maximum absolute atomic E-state index is 12.1. The Bertz CT molecular complexity index is 902. The van der Waals surface area contributed by atoms with Crippen LogP contribution in [-0.2, 0) is 4.74 Å². The number of rotatable bonds is 3. The average molecular weight is 306 g/mol. The van der Waals surface area contributed by atoms with Crippen molar-refractivity contribution >= 4 is 30.2 Å². The predicted molar refractivity (Wildman–Crippen MR) is 89.1 cm³/mol. The highest BCUT2D eigenvalue weighted by Gasteiger charge is 2.21. The molecule has 0 N–H and O–H groups in total. The van der Waals surface area contributed by atoms with Crippen molar-refractivity contribution in [1.29, 1.82) is 0 Å². The van der Waals surface area contributed by atoms with Crippen molar-refractivity contribution < 1.29 is 14.3 Å². The number of fused-ring (bicyclic) bond motifs is 1. The summed E-state index contributed by atoms with van der Waals surface area (Å²) in [4.78, 5) is 12.1. The monoisotopic (exact) mass is 306 g/mol. The van der Waals surface area contributed by atoms with Crippen LogP contribution in [0.2, 0.25) is 0 Å². The molecule has 114 valence electrons. The van der Waals surface area contributed by atoms with Gasteiger partial charge in [-0.3, -0.25) is 0 Å². The Balaban J connectivity index is 2.40. The van der Waals surface area contributed by atoms with Crippen molar-refractivity contribution in [2.24, 2.45) is 0 Å². The molecule has 0 saturated heterocycles. The molecule has 1 heterocycles. The van der Waals surface area contributed by atoms with Gasteiger partial charge in [-0.2, -0.15) is 5.10 Å². The zero-order valence-electron chi connectivity index (χ0n) is 13.2. The van der Waals surface area contributed by atoms with E-state index in [9.17, 15) is 4.79 Å². The number of nitrogens with zero attached hydrogens (tertiary/aromatic N) is 2. The van der Waals surface area contributed by atoms with E-state index in [0.29, 0.717) is 22.1 Å². The summed E-state index contributed by atoms with van der Waals surface area (Å²) in [5.74, 6) is 0.135. The summed E-state index contributed by atoms with van der Waals surface area (Å²) in [6.45, 7) is 1.93. The van der Waals surface area contributed by atoms with Gasteiger partial charge in [-0.25, -0.2) is 9.48 Å². The van der Waals surface area contributed by atoms with Crippen LogP contribution in [-0.4, -0.2) is 37.8 Å². The van der Waals surface area contributed by atoms with E-state index in [-0.39, 0.29) is 5.69 Å². The summed E-state index contributed by atoms with van der Waals surface area (Å²) in [6.07, 6.45) is 0. The number of ether oxygens (including phenoxy) is 2. The van der Waals surface area contributed by atoms with Crippen LogP contribution >= 0.6 is 0 Å². The minimum absolute atomic E-state index is 0.243. The summed E-state index contributed by atoms with van der Waals surface area (Å²) in [5.41, 5.74) is 3.26. The standard InChI is InChI=1S/C17H15BN2O3/c1-10-7-13-15(17(21)23-3)19-20(16(13)14(8-10)22-2)12-6-4-5-11(18)9-12/h4-9H,1-3H3. The van der Waals surface area contributed by atoms with Gasteiger partial charge in [-0.15, -0.1) is 0 Å². The largest absolute Gasteiger partial charge is 0.494 e. The Morgan fingerprint density at radius 1 is 1.22 bits per heavy atom. The van der Waals surface area contributed by atoms with Crippen molar-refractivity contribution in [3.05, 3.63) is 47.7 Å². The number of benzene rings is 2. The number of hydrogen-bond acceptors (Lipinski definition) is 4. The number of aryl methyl sites for hydroxylation is 1. The molecule has 1 aromatic heterocycles. The first-order chi connectivity index (χ1) is 11.0. The van der Waals surface area contributed by atoms with E-state index in [1.165, 1.54) is 7.11 Å². The number of carbonyl (C=O) groups is 1. The fourth-order valence-corrected chi connectivity index (χ4v) is 2.59. The molecule has 0 bridgehead atoms. The molecular weight excluding hydrogens is 291 g/mol. The van der Waals surface area contributed by atoms with Crippen LogP contribution in [0, 0.1) is 6.92 Å². The topological polar surface area (TPSA) is 53.4 Å². The summed E-state index contributed by atoms with van der Waals surface area (Å²) in [5, 5.41) is 5.10. The fraction of sp³-hybridized carbons (Fsp3) is 0.176. The molecule has 23 heavy (non-hydrogen) atoms. The number of hydrogen-bond donors (Lipinski definition) is 0. The Kier molecular flexibility index (Phi) is 3.82. The quantitative estimate of drug-likeness (QED) is 0.548. The molecule has 2 aromatic carbocycles. The maximum atomic E-state index is 12.1. The third-order valence-electron chi connectivity index (χ3n) is 3.60. The minimum Gasteiger partial charge on any atom is -0.494 e. The first kappa shape index (κ1) is 15.2.